The lowest BCUT2D eigenvalue weighted by Crippen LogP contribution is -2.12. The predicted molar refractivity (Wildman–Crippen MR) is 386 cm³/mol. The van der Waals surface area contributed by atoms with Gasteiger partial charge in [0, 0.05) is 0 Å². The minimum Gasteiger partial charge on any atom is -0.207 e. The predicted octanol–water partition coefficient (Wildman–Crippen LogP) is 27.4. The van der Waals surface area contributed by atoms with E-state index in [9.17, 15) is 8.78 Å². The highest BCUT2D eigenvalue weighted by Gasteiger charge is 2.18. The van der Waals surface area contributed by atoms with Crippen molar-refractivity contribution in [2.24, 2.45) is 0 Å². The van der Waals surface area contributed by atoms with Crippen LogP contribution in [-0.4, -0.2) is 0 Å². The molecule has 6 aromatic carbocycles. The zero-order valence-electron chi connectivity index (χ0n) is 63.1. The van der Waals surface area contributed by atoms with Crippen molar-refractivity contribution in [2.75, 3.05) is 0 Å². The highest BCUT2D eigenvalue weighted by atomic mass is 19.1. The van der Waals surface area contributed by atoms with E-state index in [0.717, 1.165) is 22.3 Å². The third-order valence-electron chi connectivity index (χ3n) is 13.5. The molecule has 6 rings (SSSR count). The average Bonchev–Trinajstić information content (AvgIpc) is 3.48. The van der Waals surface area contributed by atoms with Crippen LogP contribution in [0.4, 0.5) is 8.78 Å². The highest BCUT2D eigenvalue weighted by molar-refractivity contribution is 5.37. The Morgan fingerprint density at radius 1 is 0.202 bits per heavy atom. The molecule has 0 fully saturated rings. The molecule has 0 unspecified atom stereocenters. The molecular weight excluding hydrogens is 1020 g/mol. The molecule has 0 N–H and O–H groups in total. The van der Waals surface area contributed by atoms with E-state index >= 15 is 0 Å². The van der Waals surface area contributed by atoms with Gasteiger partial charge in [-0.1, -0.05) is 310 Å². The van der Waals surface area contributed by atoms with Gasteiger partial charge in [-0.2, -0.15) is 0 Å². The number of hydrogen-bond donors (Lipinski definition) is 0. The fourth-order valence-corrected chi connectivity index (χ4v) is 6.99. The quantitative estimate of drug-likeness (QED) is 0.142. The molecule has 0 aliphatic heterocycles. The van der Waals surface area contributed by atoms with Crippen LogP contribution in [0, 0.1) is 80.9 Å². The van der Waals surface area contributed by atoms with Gasteiger partial charge in [0.05, 0.1) is 0 Å². The lowest BCUT2D eigenvalue weighted by atomic mass is 9.85. The van der Waals surface area contributed by atoms with Crippen LogP contribution >= 0.6 is 0 Å². The number of aryl methyl sites for hydroxylation is 9. The second-order valence-corrected chi connectivity index (χ2v) is 26.6. The van der Waals surface area contributed by atoms with Gasteiger partial charge in [0.15, 0.2) is 0 Å². The van der Waals surface area contributed by atoms with Gasteiger partial charge in [0.1, 0.15) is 11.6 Å². The average molecular weight is 1160 g/mol. The van der Waals surface area contributed by atoms with E-state index in [1.165, 1.54) is 61.2 Å². The van der Waals surface area contributed by atoms with Gasteiger partial charge in [-0.05, 0) is 197 Å². The Labute approximate surface area is 525 Å². The van der Waals surface area contributed by atoms with Crippen molar-refractivity contribution < 1.29 is 8.78 Å². The molecular formula is C82H138F2. The highest BCUT2D eigenvalue weighted by Crippen LogP contribution is 2.29. The standard InChI is InChI=1S/C12H17F.3C12H18.C11H15F.C11H16.6C2H6/c1-8-6-10(12(3,4)5)7-11(13)9(8)2;3*1-9-6-7-11(8-10(9)2)12(3,4)5;1-8-5-6-9(7-10(8)12)11(2,3)4;1-9-5-7-10(8-6-9)11(2,3)4;6*1-2/h6-7H,1-5H3;3*6-8H,1-5H3;5-7H,1-4H3;5-8H,1-4H3;6*1-2H3. The molecule has 0 aromatic heterocycles. The maximum absolute atomic E-state index is 13.4. The summed E-state index contributed by atoms with van der Waals surface area (Å²) in [7, 11) is 0. The number of hydrogen-bond acceptors (Lipinski definition) is 0. The van der Waals surface area contributed by atoms with Crippen molar-refractivity contribution in [3.05, 3.63) is 210 Å². The molecule has 0 amide bonds. The normalized spacial score (nSPS) is 10.5. The number of rotatable bonds is 0. The molecule has 480 valence electrons. The van der Waals surface area contributed by atoms with Crippen LogP contribution in [0.25, 0.3) is 0 Å². The molecule has 84 heavy (non-hydrogen) atoms. The first-order valence-electron chi connectivity index (χ1n) is 32.3. The van der Waals surface area contributed by atoms with Crippen molar-refractivity contribution >= 4 is 0 Å². The van der Waals surface area contributed by atoms with Crippen molar-refractivity contribution in [1.29, 1.82) is 0 Å². The molecule has 0 aliphatic carbocycles. The topological polar surface area (TPSA) is 0 Å². The van der Waals surface area contributed by atoms with Crippen molar-refractivity contribution in [2.45, 2.75) is 309 Å². The molecule has 0 atom stereocenters. The summed E-state index contributed by atoms with van der Waals surface area (Å²) >= 11 is 0. The van der Waals surface area contributed by atoms with E-state index in [1.807, 2.05) is 109 Å². The van der Waals surface area contributed by atoms with Gasteiger partial charge < -0.3 is 0 Å². The Morgan fingerprint density at radius 2 is 0.405 bits per heavy atom. The van der Waals surface area contributed by atoms with Crippen molar-refractivity contribution in [1.82, 2.24) is 0 Å². The Bertz CT molecular complexity index is 2340. The summed E-state index contributed by atoms with van der Waals surface area (Å²) in [5.74, 6) is -0.202. The zero-order chi connectivity index (χ0) is 68.1. The van der Waals surface area contributed by atoms with Crippen LogP contribution in [0.5, 0.6) is 0 Å². The summed E-state index contributed by atoms with van der Waals surface area (Å²) < 4.78 is 26.5. The minimum atomic E-state index is -0.109. The summed E-state index contributed by atoms with van der Waals surface area (Å²) in [6.07, 6.45) is 0. The monoisotopic (exact) mass is 1160 g/mol. The SMILES string of the molecule is CC.CC.CC.CC.CC.CC.Cc1cc(C(C)(C)C)cc(F)c1C.Cc1ccc(C(C)(C)C)cc1.Cc1ccc(C(C)(C)C)cc1C.Cc1ccc(C(C)(C)C)cc1C.Cc1ccc(C(C)(C)C)cc1C.Cc1ccc(C(C)(C)C)cc1F. The van der Waals surface area contributed by atoms with Gasteiger partial charge in [-0.25, -0.2) is 8.78 Å². The fraction of sp³-hybridized carbons (Fsp3) is 0.561. The van der Waals surface area contributed by atoms with Gasteiger partial charge >= 0.3 is 0 Å². The Hall–Kier alpha value is -4.82. The molecule has 0 bridgehead atoms. The Morgan fingerprint density at radius 3 is 0.619 bits per heavy atom. The second kappa shape index (κ2) is 43.7. The summed E-state index contributed by atoms with van der Waals surface area (Å²) in [6, 6.07) is 38.0. The Balaban J connectivity index is -0.000000209. The van der Waals surface area contributed by atoms with Crippen LogP contribution in [0.15, 0.2) is 109 Å². The van der Waals surface area contributed by atoms with Crippen LogP contribution in [-0.2, 0) is 32.5 Å². The van der Waals surface area contributed by atoms with Crippen molar-refractivity contribution in [3.8, 4) is 0 Å². The third kappa shape index (κ3) is 37.6. The van der Waals surface area contributed by atoms with E-state index in [2.05, 4.69) is 258 Å². The largest absolute Gasteiger partial charge is 0.207 e. The molecule has 0 nitrogen and oxygen atoms in total. The molecule has 0 saturated carbocycles. The molecule has 0 radical (unpaired) electrons. The van der Waals surface area contributed by atoms with Gasteiger partial charge in [0.2, 0.25) is 0 Å². The summed E-state index contributed by atoms with van der Waals surface area (Å²) in [4.78, 5) is 0. The van der Waals surface area contributed by atoms with Crippen LogP contribution in [0.3, 0.4) is 0 Å². The number of benzene rings is 6. The van der Waals surface area contributed by atoms with Crippen LogP contribution in [0.2, 0.25) is 0 Å². The van der Waals surface area contributed by atoms with E-state index in [1.54, 1.807) is 19.1 Å². The number of halogens is 2. The van der Waals surface area contributed by atoms with E-state index in [0.29, 0.717) is 5.56 Å². The Kier molecular flexibility index (Phi) is 47.1. The third-order valence-corrected chi connectivity index (χ3v) is 13.5. The first kappa shape index (κ1) is 90.4. The summed E-state index contributed by atoms with van der Waals surface area (Å²) in [6.45, 7) is 84.1. The summed E-state index contributed by atoms with van der Waals surface area (Å²) in [5.41, 5.74) is 21.1. The first-order chi connectivity index (χ1) is 38.5. The molecule has 2 heteroatoms. The molecule has 0 saturated heterocycles. The van der Waals surface area contributed by atoms with E-state index in [-0.39, 0.29) is 44.1 Å². The molecule has 0 heterocycles. The lowest BCUT2D eigenvalue weighted by Gasteiger charge is -2.20. The minimum absolute atomic E-state index is 0.0271. The molecule has 6 aromatic rings. The van der Waals surface area contributed by atoms with E-state index in [4.69, 9.17) is 0 Å². The first-order valence-corrected chi connectivity index (χ1v) is 32.3. The fourth-order valence-electron chi connectivity index (χ4n) is 6.99. The van der Waals surface area contributed by atoms with Gasteiger partial charge in [0.25, 0.3) is 0 Å². The lowest BCUT2D eigenvalue weighted by molar-refractivity contribution is 0.567. The summed E-state index contributed by atoms with van der Waals surface area (Å²) in [5, 5.41) is 0. The van der Waals surface area contributed by atoms with E-state index < -0.39 is 0 Å². The van der Waals surface area contributed by atoms with Crippen LogP contribution < -0.4 is 0 Å². The smallest absolute Gasteiger partial charge is 0.126 e. The maximum atomic E-state index is 13.4. The van der Waals surface area contributed by atoms with Crippen molar-refractivity contribution in [3.63, 3.8) is 0 Å². The van der Waals surface area contributed by atoms with Gasteiger partial charge in [-0.3, -0.25) is 0 Å². The van der Waals surface area contributed by atoms with Crippen LogP contribution in [0.1, 0.15) is 297 Å². The molecule has 0 spiro atoms. The van der Waals surface area contributed by atoms with Gasteiger partial charge in [-0.15, -0.1) is 0 Å². The second-order valence-electron chi connectivity index (χ2n) is 26.6. The maximum Gasteiger partial charge on any atom is 0.126 e. The zero-order valence-corrected chi connectivity index (χ0v) is 63.1. The molecule has 0 aliphatic rings.